The van der Waals surface area contributed by atoms with Gasteiger partial charge >= 0.3 is 5.97 Å². The zero-order valence-electron chi connectivity index (χ0n) is 11.4. The number of carbonyl (C=O) groups is 1. The van der Waals surface area contributed by atoms with Crippen molar-refractivity contribution < 1.29 is 23.4 Å². The summed E-state index contributed by atoms with van der Waals surface area (Å²) in [4.78, 5) is 10.3. The minimum atomic E-state index is -3.15. The van der Waals surface area contributed by atoms with Gasteiger partial charge in [-0.05, 0) is 23.6 Å². The molecule has 0 saturated heterocycles. The molecule has 3 nitrogen and oxygen atoms in total. The van der Waals surface area contributed by atoms with Crippen molar-refractivity contribution in [2.75, 3.05) is 7.11 Å². The normalized spacial score (nSPS) is 11.6. The van der Waals surface area contributed by atoms with Gasteiger partial charge in [0, 0.05) is 16.7 Å². The van der Waals surface area contributed by atoms with Crippen LogP contribution in [0.25, 0.3) is 16.2 Å². The Morgan fingerprint density at radius 2 is 2.19 bits per heavy atom. The van der Waals surface area contributed by atoms with Crippen molar-refractivity contribution in [3.8, 4) is 5.75 Å². The summed E-state index contributed by atoms with van der Waals surface area (Å²) >= 11 is 0.947. The molecule has 0 aliphatic heterocycles. The van der Waals surface area contributed by atoms with Crippen LogP contribution in [-0.4, -0.2) is 18.2 Å². The summed E-state index contributed by atoms with van der Waals surface area (Å²) in [5, 5.41) is 9.21. The Labute approximate surface area is 124 Å². The number of carboxylic acid groups (broad SMARTS) is 1. The van der Waals surface area contributed by atoms with Crippen LogP contribution in [-0.2, 0) is 10.7 Å². The van der Waals surface area contributed by atoms with Gasteiger partial charge < -0.3 is 9.84 Å². The van der Waals surface area contributed by atoms with Gasteiger partial charge in [-0.25, -0.2) is 8.78 Å². The number of aliphatic carboxylic acids is 1. The SMILES string of the molecule is C=Cc1cc2cc(C(F)(F)CCC(=O)O)sc2cc1OC. The lowest BCUT2D eigenvalue weighted by molar-refractivity contribution is -0.139. The third-order valence-electron chi connectivity index (χ3n) is 3.10. The molecule has 21 heavy (non-hydrogen) atoms. The summed E-state index contributed by atoms with van der Waals surface area (Å²) in [6.07, 6.45) is 0.321. The Morgan fingerprint density at radius 3 is 2.76 bits per heavy atom. The summed E-state index contributed by atoms with van der Waals surface area (Å²) in [7, 11) is 1.50. The summed E-state index contributed by atoms with van der Waals surface area (Å²) in [6.45, 7) is 3.66. The Bertz CT molecular complexity index is 692. The zero-order valence-corrected chi connectivity index (χ0v) is 12.2. The summed E-state index contributed by atoms with van der Waals surface area (Å²) in [6, 6.07) is 4.82. The first-order chi connectivity index (χ1) is 9.87. The van der Waals surface area contributed by atoms with Gasteiger partial charge in [-0.1, -0.05) is 12.7 Å². The fourth-order valence-electron chi connectivity index (χ4n) is 1.99. The van der Waals surface area contributed by atoms with Gasteiger partial charge in [0.1, 0.15) is 5.75 Å². The number of thiophene rings is 1. The van der Waals surface area contributed by atoms with E-state index in [9.17, 15) is 13.6 Å². The Kier molecular flexibility index (Phi) is 4.27. The molecule has 6 heteroatoms. The number of alkyl halides is 2. The first-order valence-corrected chi connectivity index (χ1v) is 7.03. The fraction of sp³-hybridized carbons (Fsp3) is 0.267. The van der Waals surface area contributed by atoms with Gasteiger partial charge in [-0.3, -0.25) is 4.79 Å². The van der Waals surface area contributed by atoms with E-state index in [4.69, 9.17) is 9.84 Å². The van der Waals surface area contributed by atoms with E-state index in [1.807, 2.05) is 0 Å². The number of hydrogen-bond acceptors (Lipinski definition) is 3. The Morgan fingerprint density at radius 1 is 1.48 bits per heavy atom. The molecule has 0 atom stereocenters. The number of carboxylic acids is 1. The molecule has 1 N–H and O–H groups in total. The predicted molar refractivity (Wildman–Crippen MR) is 79.2 cm³/mol. The second-order valence-corrected chi connectivity index (χ2v) is 5.63. The maximum atomic E-state index is 14.0. The minimum Gasteiger partial charge on any atom is -0.496 e. The number of fused-ring (bicyclic) bond motifs is 1. The van der Waals surface area contributed by atoms with Gasteiger partial charge in [0.05, 0.1) is 18.4 Å². The standard InChI is InChI=1S/C15H14F2O3S/c1-3-9-6-10-7-13(15(16,17)5-4-14(18)19)21-12(10)8-11(9)20-2/h3,6-8H,1,4-5H2,2H3,(H,18,19). The predicted octanol–water partition coefficient (Wildman–Crippen LogP) is 4.51. The van der Waals surface area contributed by atoms with Crippen LogP contribution in [0.2, 0.25) is 0 Å². The molecule has 0 aliphatic rings. The highest BCUT2D eigenvalue weighted by molar-refractivity contribution is 7.19. The average molecular weight is 312 g/mol. The van der Waals surface area contributed by atoms with Crippen molar-refractivity contribution in [2.45, 2.75) is 18.8 Å². The van der Waals surface area contributed by atoms with Crippen LogP contribution in [0.5, 0.6) is 5.75 Å². The summed E-state index contributed by atoms with van der Waals surface area (Å²) < 4.78 is 33.9. The number of hydrogen-bond donors (Lipinski definition) is 1. The molecule has 112 valence electrons. The molecule has 1 aromatic heterocycles. The van der Waals surface area contributed by atoms with E-state index in [2.05, 4.69) is 6.58 Å². The molecule has 0 aliphatic carbocycles. The van der Waals surface area contributed by atoms with Crippen molar-refractivity contribution in [2.24, 2.45) is 0 Å². The van der Waals surface area contributed by atoms with Gasteiger partial charge in [0.2, 0.25) is 0 Å². The topological polar surface area (TPSA) is 46.5 Å². The van der Waals surface area contributed by atoms with E-state index in [0.717, 1.165) is 16.9 Å². The lowest BCUT2D eigenvalue weighted by Gasteiger charge is -2.12. The van der Waals surface area contributed by atoms with Crippen molar-refractivity contribution in [1.82, 2.24) is 0 Å². The molecule has 0 bridgehead atoms. The largest absolute Gasteiger partial charge is 0.496 e. The highest BCUT2D eigenvalue weighted by Crippen LogP contribution is 2.41. The highest BCUT2D eigenvalue weighted by Gasteiger charge is 2.34. The first kappa shape index (κ1) is 15.4. The zero-order chi connectivity index (χ0) is 15.6. The summed E-state index contributed by atoms with van der Waals surface area (Å²) in [5.74, 6) is -3.81. The molecule has 0 fully saturated rings. The third kappa shape index (κ3) is 3.21. The molecule has 1 aromatic carbocycles. The molecular weight excluding hydrogens is 298 g/mol. The molecule has 0 amide bonds. The summed E-state index contributed by atoms with van der Waals surface area (Å²) in [5.41, 5.74) is 0.725. The van der Waals surface area contributed by atoms with Gasteiger partial charge in [-0.15, -0.1) is 11.3 Å². The quantitative estimate of drug-likeness (QED) is 0.853. The monoisotopic (exact) mass is 312 g/mol. The van der Waals surface area contributed by atoms with Crippen molar-refractivity contribution in [3.05, 3.63) is 35.2 Å². The van der Waals surface area contributed by atoms with Crippen LogP contribution in [0, 0.1) is 0 Å². The van der Waals surface area contributed by atoms with Gasteiger partial charge in [0.25, 0.3) is 5.92 Å². The second kappa shape index (κ2) is 5.81. The molecule has 0 spiro atoms. The molecule has 0 saturated carbocycles. The van der Waals surface area contributed by atoms with E-state index in [1.165, 1.54) is 13.2 Å². The van der Waals surface area contributed by atoms with Crippen LogP contribution in [0.15, 0.2) is 24.8 Å². The van der Waals surface area contributed by atoms with Crippen LogP contribution in [0.1, 0.15) is 23.3 Å². The maximum absolute atomic E-state index is 14.0. The van der Waals surface area contributed by atoms with Crippen molar-refractivity contribution in [1.29, 1.82) is 0 Å². The number of halogens is 2. The fourth-order valence-corrected chi connectivity index (χ4v) is 3.07. The number of ether oxygens (including phenoxy) is 1. The maximum Gasteiger partial charge on any atom is 0.303 e. The van der Waals surface area contributed by atoms with E-state index in [-0.39, 0.29) is 4.88 Å². The molecule has 0 radical (unpaired) electrons. The van der Waals surface area contributed by atoms with Gasteiger partial charge in [0.15, 0.2) is 0 Å². The van der Waals surface area contributed by atoms with Crippen molar-refractivity contribution >= 4 is 33.5 Å². The number of benzene rings is 1. The Hall–Kier alpha value is -1.95. The van der Waals surface area contributed by atoms with E-state index < -0.39 is 24.7 Å². The van der Waals surface area contributed by atoms with Crippen LogP contribution >= 0.6 is 11.3 Å². The first-order valence-electron chi connectivity index (χ1n) is 6.21. The Balaban J connectivity index is 2.42. The van der Waals surface area contributed by atoms with Crippen LogP contribution in [0.3, 0.4) is 0 Å². The average Bonchev–Trinajstić information content (AvgIpc) is 2.87. The van der Waals surface area contributed by atoms with Crippen LogP contribution < -0.4 is 4.74 Å². The molecular formula is C15H14F2O3S. The third-order valence-corrected chi connectivity index (χ3v) is 4.31. The molecule has 1 heterocycles. The number of rotatable bonds is 6. The second-order valence-electron chi connectivity index (χ2n) is 4.54. The van der Waals surface area contributed by atoms with Crippen LogP contribution in [0.4, 0.5) is 8.78 Å². The molecule has 2 aromatic rings. The van der Waals surface area contributed by atoms with Crippen molar-refractivity contribution in [3.63, 3.8) is 0 Å². The lowest BCUT2D eigenvalue weighted by Crippen LogP contribution is -2.13. The molecule has 2 rings (SSSR count). The minimum absolute atomic E-state index is 0.137. The number of methoxy groups -OCH3 is 1. The van der Waals surface area contributed by atoms with E-state index >= 15 is 0 Å². The van der Waals surface area contributed by atoms with E-state index in [0.29, 0.717) is 15.8 Å². The van der Waals surface area contributed by atoms with E-state index in [1.54, 1.807) is 18.2 Å². The highest BCUT2D eigenvalue weighted by atomic mass is 32.1. The van der Waals surface area contributed by atoms with Gasteiger partial charge in [-0.2, -0.15) is 0 Å². The smallest absolute Gasteiger partial charge is 0.303 e. The molecule has 0 unspecified atom stereocenters. The lowest BCUT2D eigenvalue weighted by atomic mass is 10.1.